The van der Waals surface area contributed by atoms with Crippen LogP contribution in [0.25, 0.3) is 10.8 Å². The van der Waals surface area contributed by atoms with Crippen LogP contribution in [0.3, 0.4) is 0 Å². The molecule has 6 nitrogen and oxygen atoms in total. The lowest BCUT2D eigenvalue weighted by atomic mass is 10.0. The van der Waals surface area contributed by atoms with Crippen LogP contribution >= 0.6 is 11.3 Å². The van der Waals surface area contributed by atoms with E-state index in [1.165, 1.54) is 11.1 Å². The number of nitrogens with two attached hydrogens (primary N) is 1. The molecule has 1 aromatic heterocycles. The number of benzene rings is 2. The van der Waals surface area contributed by atoms with E-state index in [2.05, 4.69) is 45.2 Å². The lowest BCUT2D eigenvalue weighted by Crippen LogP contribution is -2.53. The molecule has 2 aliphatic heterocycles. The van der Waals surface area contributed by atoms with Crippen LogP contribution in [0.15, 0.2) is 82.4 Å². The van der Waals surface area contributed by atoms with Gasteiger partial charge in [0.2, 0.25) is 5.91 Å². The van der Waals surface area contributed by atoms with Gasteiger partial charge in [-0.05, 0) is 34.0 Å². The highest BCUT2D eigenvalue weighted by Gasteiger charge is 2.29. The van der Waals surface area contributed by atoms with Crippen molar-refractivity contribution in [1.82, 2.24) is 16.0 Å². The highest BCUT2D eigenvalue weighted by Crippen LogP contribution is 2.35. The van der Waals surface area contributed by atoms with Crippen molar-refractivity contribution in [2.24, 2.45) is 10.7 Å². The number of thiophene rings is 1. The van der Waals surface area contributed by atoms with Crippen molar-refractivity contribution in [2.45, 2.75) is 25.3 Å². The molecule has 2 atom stereocenters. The molecule has 0 fully saturated rings. The number of amides is 1. The van der Waals surface area contributed by atoms with E-state index in [0.717, 1.165) is 34.3 Å². The van der Waals surface area contributed by atoms with Gasteiger partial charge in [0.1, 0.15) is 6.17 Å². The highest BCUT2D eigenvalue weighted by atomic mass is 32.1. The normalized spacial score (nSPS) is 20.4. The lowest BCUT2D eigenvalue weighted by molar-refractivity contribution is 0.100. The number of carbonyl (C=O) groups excluding carboxylic acids is 1. The monoisotopic (exact) mass is 429 g/mol. The number of aliphatic imine (C=N–C) groups is 1. The van der Waals surface area contributed by atoms with E-state index in [1.807, 2.05) is 42.1 Å². The quantitative estimate of drug-likeness (QED) is 0.499. The first-order valence-electron chi connectivity index (χ1n) is 10.2. The molecule has 5 rings (SSSR count). The number of hydrogen-bond donors (Lipinski definition) is 4. The van der Waals surface area contributed by atoms with Crippen LogP contribution in [0, 0.1) is 0 Å². The second kappa shape index (κ2) is 8.47. The number of hydrogen-bond acceptors (Lipinski definition) is 6. The maximum Gasteiger partial charge on any atom is 0.249 e. The Morgan fingerprint density at radius 2 is 2.03 bits per heavy atom. The fourth-order valence-electron chi connectivity index (χ4n) is 4.10. The zero-order chi connectivity index (χ0) is 21.2. The van der Waals surface area contributed by atoms with Gasteiger partial charge in [-0.3, -0.25) is 20.4 Å². The molecule has 0 aliphatic carbocycles. The van der Waals surface area contributed by atoms with E-state index in [4.69, 9.17) is 5.73 Å². The fourth-order valence-corrected chi connectivity index (χ4v) is 5.16. The molecule has 3 aromatic rings. The summed E-state index contributed by atoms with van der Waals surface area (Å²) in [6.07, 6.45) is 6.41. The van der Waals surface area contributed by atoms with Crippen LogP contribution in [0.2, 0.25) is 0 Å². The number of primary amides is 1. The molecule has 2 aromatic carbocycles. The average molecular weight is 430 g/mol. The SMILES string of the molecule is NC(=O)c1cccc2c(C3NC4=C(CC=NC=C4)C(NCc4ccccc4)N3)scc12. The highest BCUT2D eigenvalue weighted by molar-refractivity contribution is 7.11. The van der Waals surface area contributed by atoms with E-state index in [9.17, 15) is 4.79 Å². The molecular weight excluding hydrogens is 406 g/mol. The Hall–Kier alpha value is -3.26. The Morgan fingerprint density at radius 1 is 1.16 bits per heavy atom. The Bertz CT molecular complexity index is 1210. The van der Waals surface area contributed by atoms with Gasteiger partial charge in [0, 0.05) is 46.9 Å². The molecule has 0 radical (unpaired) electrons. The fraction of sp³-hybridized carbons (Fsp3) is 0.167. The average Bonchev–Trinajstić information content (AvgIpc) is 3.08. The van der Waals surface area contributed by atoms with Gasteiger partial charge in [-0.1, -0.05) is 42.5 Å². The molecule has 3 heterocycles. The first kappa shape index (κ1) is 19.7. The number of allylic oxidation sites excluding steroid dienone is 1. The first-order valence-corrected chi connectivity index (χ1v) is 11.1. The van der Waals surface area contributed by atoms with Gasteiger partial charge in [-0.25, -0.2) is 0 Å². The van der Waals surface area contributed by atoms with Gasteiger partial charge in [0.05, 0.1) is 6.17 Å². The largest absolute Gasteiger partial charge is 0.366 e. The van der Waals surface area contributed by atoms with Crippen molar-refractivity contribution < 1.29 is 4.79 Å². The van der Waals surface area contributed by atoms with E-state index < -0.39 is 5.91 Å². The molecule has 0 saturated heterocycles. The molecule has 156 valence electrons. The van der Waals surface area contributed by atoms with Crippen LogP contribution in [0.5, 0.6) is 0 Å². The third-order valence-corrected chi connectivity index (χ3v) is 6.69. The lowest BCUT2D eigenvalue weighted by Gasteiger charge is -2.36. The summed E-state index contributed by atoms with van der Waals surface area (Å²) in [7, 11) is 0. The second-order valence-electron chi connectivity index (χ2n) is 7.56. The Morgan fingerprint density at radius 3 is 2.87 bits per heavy atom. The number of nitrogens with one attached hydrogen (secondary N) is 3. The molecule has 31 heavy (non-hydrogen) atoms. The molecule has 2 aliphatic rings. The minimum absolute atomic E-state index is 0.0212. The van der Waals surface area contributed by atoms with Crippen LogP contribution in [0.1, 0.15) is 33.4 Å². The van der Waals surface area contributed by atoms with E-state index in [1.54, 1.807) is 17.4 Å². The minimum atomic E-state index is -0.407. The van der Waals surface area contributed by atoms with Gasteiger partial charge in [0.25, 0.3) is 0 Å². The standard InChI is InChI=1S/C24H23N5OS/c25-22(30)17-8-4-7-16-19(17)14-31-21(16)24-28-20-10-12-26-11-9-18(20)23(29-24)27-13-15-5-2-1-3-6-15/h1-8,10-12,14,23-24,27-29H,9,13H2,(H2,25,30). The van der Waals surface area contributed by atoms with Crippen molar-refractivity contribution in [3.8, 4) is 0 Å². The number of rotatable bonds is 5. The summed E-state index contributed by atoms with van der Waals surface area (Å²) in [4.78, 5) is 17.3. The summed E-state index contributed by atoms with van der Waals surface area (Å²) in [6, 6.07) is 16.1. The maximum atomic E-state index is 11.9. The third-order valence-electron chi connectivity index (χ3n) is 5.63. The molecule has 0 bridgehead atoms. The second-order valence-corrected chi connectivity index (χ2v) is 8.48. The zero-order valence-electron chi connectivity index (χ0n) is 16.8. The zero-order valence-corrected chi connectivity index (χ0v) is 17.7. The van der Waals surface area contributed by atoms with Gasteiger partial charge in [0.15, 0.2) is 0 Å². The molecule has 1 amide bonds. The van der Waals surface area contributed by atoms with Crippen molar-refractivity contribution in [2.75, 3.05) is 0 Å². The number of carbonyl (C=O) groups is 1. The Kier molecular flexibility index (Phi) is 5.38. The van der Waals surface area contributed by atoms with Gasteiger partial charge in [-0.15, -0.1) is 11.3 Å². The summed E-state index contributed by atoms with van der Waals surface area (Å²) in [5.74, 6) is -0.407. The summed E-state index contributed by atoms with van der Waals surface area (Å²) < 4.78 is 0. The van der Waals surface area contributed by atoms with Gasteiger partial charge < -0.3 is 11.1 Å². The first-order chi connectivity index (χ1) is 15.2. The van der Waals surface area contributed by atoms with Crippen molar-refractivity contribution in [1.29, 1.82) is 0 Å². The van der Waals surface area contributed by atoms with Crippen LogP contribution in [-0.2, 0) is 6.54 Å². The molecule has 2 unspecified atom stereocenters. The maximum absolute atomic E-state index is 11.9. The third kappa shape index (κ3) is 3.90. The van der Waals surface area contributed by atoms with Crippen LogP contribution < -0.4 is 21.7 Å². The molecule has 0 saturated carbocycles. The number of fused-ring (bicyclic) bond motifs is 1. The van der Waals surface area contributed by atoms with E-state index >= 15 is 0 Å². The number of nitrogens with zero attached hydrogens (tertiary/aromatic N) is 1. The van der Waals surface area contributed by atoms with E-state index in [-0.39, 0.29) is 12.3 Å². The predicted molar refractivity (Wildman–Crippen MR) is 126 cm³/mol. The molecule has 5 N–H and O–H groups in total. The summed E-state index contributed by atoms with van der Waals surface area (Å²) in [5, 5.41) is 14.9. The van der Waals surface area contributed by atoms with Crippen LogP contribution in [0.4, 0.5) is 0 Å². The van der Waals surface area contributed by atoms with Crippen molar-refractivity contribution >= 4 is 34.2 Å². The summed E-state index contributed by atoms with van der Waals surface area (Å²) >= 11 is 1.62. The van der Waals surface area contributed by atoms with Crippen molar-refractivity contribution in [3.63, 3.8) is 0 Å². The van der Waals surface area contributed by atoms with Crippen LogP contribution in [-0.4, -0.2) is 18.3 Å². The smallest absolute Gasteiger partial charge is 0.249 e. The summed E-state index contributed by atoms with van der Waals surface area (Å²) in [6.45, 7) is 0.750. The van der Waals surface area contributed by atoms with Crippen molar-refractivity contribution in [3.05, 3.63) is 93.5 Å². The van der Waals surface area contributed by atoms with Gasteiger partial charge in [-0.2, -0.15) is 0 Å². The minimum Gasteiger partial charge on any atom is -0.366 e. The Balaban J connectivity index is 1.48. The van der Waals surface area contributed by atoms with E-state index in [0.29, 0.717) is 5.56 Å². The molecule has 7 heteroatoms. The predicted octanol–water partition coefficient (Wildman–Crippen LogP) is 3.55. The topological polar surface area (TPSA) is 91.5 Å². The molecule has 0 spiro atoms. The molecular formula is C24H23N5OS. The Labute approximate surface area is 184 Å². The van der Waals surface area contributed by atoms with Gasteiger partial charge >= 0.3 is 0 Å². The summed E-state index contributed by atoms with van der Waals surface area (Å²) in [5.41, 5.74) is 9.66.